The number of amides is 1. The maximum absolute atomic E-state index is 12.3. The molecule has 0 radical (unpaired) electrons. The zero-order chi connectivity index (χ0) is 15.2. The van der Waals surface area contributed by atoms with Crippen LogP contribution in [0.1, 0.15) is 25.3 Å². The summed E-state index contributed by atoms with van der Waals surface area (Å²) in [6.07, 6.45) is 2.20. The maximum Gasteiger partial charge on any atom is 0.232 e. The summed E-state index contributed by atoms with van der Waals surface area (Å²) >= 11 is 1.63. The van der Waals surface area contributed by atoms with Gasteiger partial charge in [0.15, 0.2) is 0 Å². The summed E-state index contributed by atoms with van der Waals surface area (Å²) in [4.78, 5) is 17.9. The summed E-state index contributed by atoms with van der Waals surface area (Å²) in [6, 6.07) is 8.78. The third-order valence-electron chi connectivity index (χ3n) is 4.33. The predicted octanol–water partition coefficient (Wildman–Crippen LogP) is 3.03. The van der Waals surface area contributed by atoms with Crippen molar-refractivity contribution in [2.75, 3.05) is 32.4 Å². The fourth-order valence-corrected chi connectivity index (χ4v) is 3.53. The number of aryl methyl sites for hydroxylation is 1. The number of carbonyl (C=O) groups is 1. The van der Waals surface area contributed by atoms with Crippen LogP contribution < -0.4 is 0 Å². The average molecular weight is 306 g/mol. The van der Waals surface area contributed by atoms with E-state index in [0.717, 1.165) is 32.5 Å². The molecule has 1 aliphatic heterocycles. The van der Waals surface area contributed by atoms with E-state index in [4.69, 9.17) is 0 Å². The van der Waals surface area contributed by atoms with Gasteiger partial charge in [0.1, 0.15) is 0 Å². The van der Waals surface area contributed by atoms with E-state index < -0.39 is 0 Å². The van der Waals surface area contributed by atoms with Crippen molar-refractivity contribution in [3.05, 3.63) is 29.8 Å². The minimum atomic E-state index is 0.246. The molecule has 1 aromatic rings. The van der Waals surface area contributed by atoms with Gasteiger partial charge in [0.25, 0.3) is 0 Å². The third kappa shape index (κ3) is 4.75. The van der Waals surface area contributed by atoms with Crippen molar-refractivity contribution in [3.8, 4) is 0 Å². The smallest absolute Gasteiger partial charge is 0.232 e. The van der Waals surface area contributed by atoms with Gasteiger partial charge in [0.2, 0.25) is 5.91 Å². The number of benzene rings is 1. The summed E-state index contributed by atoms with van der Waals surface area (Å²) in [5.74, 6) is 0.781. The van der Waals surface area contributed by atoms with Crippen molar-refractivity contribution in [2.24, 2.45) is 0 Å². The molecule has 0 atom stereocenters. The summed E-state index contributed by atoms with van der Waals surface area (Å²) in [5.41, 5.74) is 1.26. The quantitative estimate of drug-likeness (QED) is 0.781. The fraction of sp³-hybridized carbons (Fsp3) is 0.588. The van der Waals surface area contributed by atoms with Crippen molar-refractivity contribution in [2.45, 2.75) is 37.6 Å². The Kier molecular flexibility index (Phi) is 6.12. The second-order valence-electron chi connectivity index (χ2n) is 5.77. The molecule has 0 saturated carbocycles. The van der Waals surface area contributed by atoms with Gasteiger partial charge in [-0.25, -0.2) is 0 Å². The average Bonchev–Trinajstić information content (AvgIpc) is 2.53. The van der Waals surface area contributed by atoms with Crippen LogP contribution in [-0.4, -0.2) is 54.2 Å². The Morgan fingerprint density at radius 2 is 1.90 bits per heavy atom. The second-order valence-corrected chi connectivity index (χ2v) is 6.82. The minimum absolute atomic E-state index is 0.246. The number of carbonyl (C=O) groups excluding carboxylic acids is 1. The second kappa shape index (κ2) is 7.85. The lowest BCUT2D eigenvalue weighted by Gasteiger charge is -2.36. The summed E-state index contributed by atoms with van der Waals surface area (Å²) < 4.78 is 0. The predicted molar refractivity (Wildman–Crippen MR) is 89.8 cm³/mol. The first-order chi connectivity index (χ1) is 10.1. The van der Waals surface area contributed by atoms with E-state index >= 15 is 0 Å². The minimum Gasteiger partial charge on any atom is -0.342 e. The molecule has 1 amide bonds. The van der Waals surface area contributed by atoms with Crippen LogP contribution in [0.25, 0.3) is 0 Å². The third-order valence-corrected chi connectivity index (χ3v) is 5.33. The highest BCUT2D eigenvalue weighted by Gasteiger charge is 2.24. The Morgan fingerprint density at radius 1 is 1.29 bits per heavy atom. The molecule has 0 aliphatic carbocycles. The van der Waals surface area contributed by atoms with Crippen LogP contribution in [0, 0.1) is 6.92 Å². The summed E-state index contributed by atoms with van der Waals surface area (Å²) in [5, 5.41) is 0. The molecule has 0 aromatic heterocycles. The number of piperidine rings is 1. The molecule has 1 aromatic carbocycles. The van der Waals surface area contributed by atoms with E-state index in [1.54, 1.807) is 11.8 Å². The van der Waals surface area contributed by atoms with Crippen LogP contribution in [0.3, 0.4) is 0 Å². The molecule has 1 fully saturated rings. The van der Waals surface area contributed by atoms with Crippen molar-refractivity contribution >= 4 is 17.7 Å². The molecule has 0 N–H and O–H groups in total. The molecule has 116 valence electrons. The van der Waals surface area contributed by atoms with Gasteiger partial charge in [-0.15, -0.1) is 11.8 Å². The molecule has 1 heterocycles. The zero-order valence-corrected chi connectivity index (χ0v) is 14.2. The molecule has 0 unspecified atom stereocenters. The van der Waals surface area contributed by atoms with Crippen molar-refractivity contribution in [1.82, 2.24) is 9.80 Å². The fourth-order valence-electron chi connectivity index (χ4n) is 2.71. The first kappa shape index (κ1) is 16.4. The van der Waals surface area contributed by atoms with Gasteiger partial charge in [-0.3, -0.25) is 4.79 Å². The van der Waals surface area contributed by atoms with E-state index in [2.05, 4.69) is 43.0 Å². The highest BCUT2D eigenvalue weighted by molar-refractivity contribution is 8.00. The molecule has 0 bridgehead atoms. The highest BCUT2D eigenvalue weighted by Crippen LogP contribution is 2.21. The van der Waals surface area contributed by atoms with Crippen molar-refractivity contribution in [3.63, 3.8) is 0 Å². The lowest BCUT2D eigenvalue weighted by atomic mass is 10.0. The molecular weight excluding hydrogens is 280 g/mol. The van der Waals surface area contributed by atoms with Gasteiger partial charge in [0, 0.05) is 31.1 Å². The number of likely N-dealkylation sites (tertiary alicyclic amines) is 1. The molecule has 0 spiro atoms. The molecule has 21 heavy (non-hydrogen) atoms. The topological polar surface area (TPSA) is 23.6 Å². The molecule has 1 saturated heterocycles. The van der Waals surface area contributed by atoms with E-state index in [-0.39, 0.29) is 5.91 Å². The summed E-state index contributed by atoms with van der Waals surface area (Å²) in [6.45, 7) is 7.63. The molecular formula is C17H26N2OS. The highest BCUT2D eigenvalue weighted by atomic mass is 32.2. The normalized spacial score (nSPS) is 16.9. The first-order valence-corrected chi connectivity index (χ1v) is 8.76. The van der Waals surface area contributed by atoms with E-state index in [1.807, 2.05) is 11.9 Å². The maximum atomic E-state index is 12.3. The van der Waals surface area contributed by atoms with Gasteiger partial charge in [-0.1, -0.05) is 24.6 Å². The molecule has 2 rings (SSSR count). The Bertz CT molecular complexity index is 452. The van der Waals surface area contributed by atoms with Crippen LogP contribution in [0.5, 0.6) is 0 Å². The standard InChI is InChI=1S/C17H26N2OS/c1-4-19-11-9-15(10-12-19)18(3)17(20)13-21-16-7-5-14(2)6-8-16/h5-8,15H,4,9-13H2,1-3H3. The van der Waals surface area contributed by atoms with Gasteiger partial charge in [-0.05, 0) is 38.4 Å². The van der Waals surface area contributed by atoms with Crippen LogP contribution in [0.4, 0.5) is 0 Å². The Morgan fingerprint density at radius 3 is 2.48 bits per heavy atom. The van der Waals surface area contributed by atoms with Crippen molar-refractivity contribution < 1.29 is 4.79 Å². The Balaban J connectivity index is 1.78. The number of rotatable bonds is 5. The largest absolute Gasteiger partial charge is 0.342 e. The first-order valence-electron chi connectivity index (χ1n) is 7.77. The van der Waals surface area contributed by atoms with E-state index in [0.29, 0.717) is 11.8 Å². The Labute approximate surface area is 132 Å². The lowest BCUT2D eigenvalue weighted by Crippen LogP contribution is -2.46. The van der Waals surface area contributed by atoms with Gasteiger partial charge >= 0.3 is 0 Å². The van der Waals surface area contributed by atoms with Gasteiger partial charge in [-0.2, -0.15) is 0 Å². The zero-order valence-electron chi connectivity index (χ0n) is 13.3. The van der Waals surface area contributed by atoms with Crippen molar-refractivity contribution in [1.29, 1.82) is 0 Å². The monoisotopic (exact) mass is 306 g/mol. The lowest BCUT2D eigenvalue weighted by molar-refractivity contribution is -0.129. The van der Waals surface area contributed by atoms with Gasteiger partial charge in [0.05, 0.1) is 5.75 Å². The van der Waals surface area contributed by atoms with Crippen LogP contribution >= 0.6 is 11.8 Å². The Hall–Kier alpha value is -1.00. The summed E-state index contributed by atoms with van der Waals surface area (Å²) in [7, 11) is 1.96. The van der Waals surface area contributed by atoms with Crippen LogP contribution in [0.2, 0.25) is 0 Å². The van der Waals surface area contributed by atoms with E-state index in [9.17, 15) is 4.79 Å². The van der Waals surface area contributed by atoms with Crippen LogP contribution in [0.15, 0.2) is 29.2 Å². The number of hydrogen-bond donors (Lipinski definition) is 0. The van der Waals surface area contributed by atoms with E-state index in [1.165, 1.54) is 10.5 Å². The molecule has 4 heteroatoms. The van der Waals surface area contributed by atoms with Crippen LogP contribution in [-0.2, 0) is 4.79 Å². The van der Waals surface area contributed by atoms with Gasteiger partial charge < -0.3 is 9.80 Å². The number of hydrogen-bond acceptors (Lipinski definition) is 3. The number of nitrogens with zero attached hydrogens (tertiary/aromatic N) is 2. The molecule has 3 nitrogen and oxygen atoms in total. The molecule has 1 aliphatic rings. The SMILES string of the molecule is CCN1CCC(N(C)C(=O)CSc2ccc(C)cc2)CC1. The number of thioether (sulfide) groups is 1.